The summed E-state index contributed by atoms with van der Waals surface area (Å²) >= 11 is 0. The molecule has 0 aliphatic carbocycles. The minimum atomic E-state index is -0.137. The maximum atomic E-state index is 12.8. The van der Waals surface area contributed by atoms with Crippen LogP contribution in [0.15, 0.2) is 40.9 Å². The average molecular weight is 421 g/mol. The van der Waals surface area contributed by atoms with Gasteiger partial charge in [-0.15, -0.1) is 0 Å². The first-order valence-corrected chi connectivity index (χ1v) is 10.5. The third-order valence-corrected chi connectivity index (χ3v) is 5.51. The quantitative estimate of drug-likeness (QED) is 0.552. The fourth-order valence-electron chi connectivity index (χ4n) is 3.98. The van der Waals surface area contributed by atoms with Crippen molar-refractivity contribution in [2.75, 3.05) is 25.2 Å². The second-order valence-corrected chi connectivity index (χ2v) is 7.82. The number of carbonyl (C=O) groups is 1. The van der Waals surface area contributed by atoms with Crippen molar-refractivity contribution < 1.29 is 18.8 Å². The molecule has 31 heavy (non-hydrogen) atoms. The summed E-state index contributed by atoms with van der Waals surface area (Å²) in [5, 5.41) is 4.14. The standard InChI is InChI=1S/C24H27N3O4/c1-5-11-30-19-10-9-17(12-20(19)29-4)23-25-24(31-26-23)18-13-21(28)27(14-18)22-15(2)7-6-8-16(22)3/h6-10,12,18H,5,11,13-14H2,1-4H3. The number of methoxy groups -OCH3 is 1. The van der Waals surface area contributed by atoms with E-state index < -0.39 is 0 Å². The van der Waals surface area contributed by atoms with E-state index in [0.717, 1.165) is 28.8 Å². The van der Waals surface area contributed by atoms with Gasteiger partial charge in [-0.2, -0.15) is 4.98 Å². The number of aryl methyl sites for hydroxylation is 2. The third-order valence-electron chi connectivity index (χ3n) is 5.51. The first kappa shape index (κ1) is 20.9. The van der Waals surface area contributed by atoms with Crippen LogP contribution in [0, 0.1) is 13.8 Å². The number of aromatic nitrogens is 2. The maximum Gasteiger partial charge on any atom is 0.232 e. The second kappa shape index (κ2) is 8.79. The molecule has 0 N–H and O–H groups in total. The van der Waals surface area contributed by atoms with Crippen LogP contribution in [-0.2, 0) is 4.79 Å². The molecule has 1 fully saturated rings. The van der Waals surface area contributed by atoms with Crippen molar-refractivity contribution in [2.45, 2.75) is 39.5 Å². The van der Waals surface area contributed by atoms with E-state index in [1.807, 2.05) is 55.1 Å². The summed E-state index contributed by atoms with van der Waals surface area (Å²) in [6, 6.07) is 11.6. The van der Waals surface area contributed by atoms with Gasteiger partial charge in [0.1, 0.15) is 0 Å². The lowest BCUT2D eigenvalue weighted by molar-refractivity contribution is -0.117. The first-order chi connectivity index (χ1) is 15.0. The number of para-hydroxylation sites is 1. The van der Waals surface area contributed by atoms with Crippen LogP contribution in [0.1, 0.15) is 42.7 Å². The predicted octanol–water partition coefficient (Wildman–Crippen LogP) is 4.67. The molecule has 0 spiro atoms. The van der Waals surface area contributed by atoms with Crippen molar-refractivity contribution in [3.8, 4) is 22.9 Å². The first-order valence-electron chi connectivity index (χ1n) is 10.5. The molecule has 7 nitrogen and oxygen atoms in total. The molecule has 1 amide bonds. The normalized spacial score (nSPS) is 16.1. The molecule has 0 radical (unpaired) electrons. The molecule has 7 heteroatoms. The highest BCUT2D eigenvalue weighted by Crippen LogP contribution is 2.36. The molecule has 0 bridgehead atoms. The number of nitrogens with zero attached hydrogens (tertiary/aromatic N) is 3. The summed E-state index contributed by atoms with van der Waals surface area (Å²) in [5.41, 5.74) is 3.91. The monoisotopic (exact) mass is 421 g/mol. The van der Waals surface area contributed by atoms with Crippen LogP contribution in [0.3, 0.4) is 0 Å². The van der Waals surface area contributed by atoms with Gasteiger partial charge in [-0.1, -0.05) is 30.3 Å². The van der Waals surface area contributed by atoms with Gasteiger partial charge in [-0.05, 0) is 49.6 Å². The van der Waals surface area contributed by atoms with Crippen LogP contribution in [-0.4, -0.2) is 36.3 Å². The van der Waals surface area contributed by atoms with Crippen LogP contribution in [0.4, 0.5) is 5.69 Å². The molecule has 2 aromatic carbocycles. The number of ether oxygens (including phenoxy) is 2. The van der Waals surface area contributed by atoms with Gasteiger partial charge in [0.15, 0.2) is 11.5 Å². The number of hydrogen-bond donors (Lipinski definition) is 0. The van der Waals surface area contributed by atoms with Gasteiger partial charge in [0, 0.05) is 24.2 Å². The van der Waals surface area contributed by atoms with Crippen molar-refractivity contribution in [3.63, 3.8) is 0 Å². The van der Waals surface area contributed by atoms with Crippen molar-refractivity contribution in [1.82, 2.24) is 10.1 Å². The third kappa shape index (κ3) is 4.13. The lowest BCUT2D eigenvalue weighted by Crippen LogP contribution is -2.26. The minimum Gasteiger partial charge on any atom is -0.493 e. The number of anilines is 1. The van der Waals surface area contributed by atoms with E-state index in [9.17, 15) is 4.79 Å². The summed E-state index contributed by atoms with van der Waals surface area (Å²) in [4.78, 5) is 19.2. The Hall–Kier alpha value is -3.35. The van der Waals surface area contributed by atoms with E-state index in [-0.39, 0.29) is 11.8 Å². The van der Waals surface area contributed by atoms with Crippen molar-refractivity contribution in [2.24, 2.45) is 0 Å². The van der Waals surface area contributed by atoms with E-state index in [1.54, 1.807) is 7.11 Å². The van der Waals surface area contributed by atoms with Gasteiger partial charge >= 0.3 is 0 Å². The van der Waals surface area contributed by atoms with E-state index in [0.29, 0.717) is 42.8 Å². The Labute approximate surface area is 182 Å². The van der Waals surface area contributed by atoms with Crippen LogP contribution < -0.4 is 14.4 Å². The topological polar surface area (TPSA) is 77.7 Å². The molecule has 1 saturated heterocycles. The van der Waals surface area contributed by atoms with Gasteiger partial charge in [0.05, 0.1) is 19.6 Å². The van der Waals surface area contributed by atoms with Gasteiger partial charge in [-0.25, -0.2) is 0 Å². The Balaban J connectivity index is 1.55. The van der Waals surface area contributed by atoms with Crippen LogP contribution in [0.25, 0.3) is 11.4 Å². The molecular formula is C24H27N3O4. The Morgan fingerprint density at radius 1 is 1.16 bits per heavy atom. The fourth-order valence-corrected chi connectivity index (χ4v) is 3.98. The van der Waals surface area contributed by atoms with E-state index in [4.69, 9.17) is 14.0 Å². The molecular weight excluding hydrogens is 394 g/mol. The molecule has 1 aliphatic rings. The summed E-state index contributed by atoms with van der Waals surface area (Å²) < 4.78 is 16.7. The molecule has 3 aromatic rings. The number of carbonyl (C=O) groups excluding carboxylic acids is 1. The lowest BCUT2D eigenvalue weighted by Gasteiger charge is -2.21. The van der Waals surface area contributed by atoms with Crippen LogP contribution in [0.5, 0.6) is 11.5 Å². The molecule has 0 saturated carbocycles. The van der Waals surface area contributed by atoms with E-state index >= 15 is 0 Å². The Kier molecular flexibility index (Phi) is 5.93. The zero-order valence-electron chi connectivity index (χ0n) is 18.3. The number of hydrogen-bond acceptors (Lipinski definition) is 6. The lowest BCUT2D eigenvalue weighted by atomic mass is 10.1. The second-order valence-electron chi connectivity index (χ2n) is 7.82. The smallest absolute Gasteiger partial charge is 0.232 e. The van der Waals surface area contributed by atoms with Gasteiger partial charge in [0.2, 0.25) is 17.6 Å². The maximum absolute atomic E-state index is 12.8. The highest BCUT2D eigenvalue weighted by molar-refractivity contribution is 5.97. The van der Waals surface area contributed by atoms with Crippen molar-refractivity contribution in [1.29, 1.82) is 0 Å². The zero-order valence-corrected chi connectivity index (χ0v) is 18.3. The SMILES string of the molecule is CCCOc1ccc(-c2noc(C3CC(=O)N(c4c(C)cccc4C)C3)n2)cc1OC. The average Bonchev–Trinajstić information content (AvgIpc) is 3.39. The van der Waals surface area contributed by atoms with Crippen LogP contribution in [0.2, 0.25) is 0 Å². The Bertz CT molecular complexity index is 1070. The Morgan fingerprint density at radius 3 is 2.65 bits per heavy atom. The summed E-state index contributed by atoms with van der Waals surface area (Å²) in [7, 11) is 1.60. The molecule has 1 atom stereocenters. The summed E-state index contributed by atoms with van der Waals surface area (Å²) in [6.07, 6.45) is 1.26. The molecule has 4 rings (SSSR count). The molecule has 162 valence electrons. The predicted molar refractivity (Wildman–Crippen MR) is 118 cm³/mol. The fraction of sp³-hybridized carbons (Fsp3) is 0.375. The van der Waals surface area contributed by atoms with Crippen molar-refractivity contribution >= 4 is 11.6 Å². The molecule has 2 heterocycles. The van der Waals surface area contributed by atoms with Crippen LogP contribution >= 0.6 is 0 Å². The molecule has 1 unspecified atom stereocenters. The number of rotatable bonds is 7. The molecule has 1 aromatic heterocycles. The van der Waals surface area contributed by atoms with Crippen molar-refractivity contribution in [3.05, 3.63) is 53.4 Å². The summed E-state index contributed by atoms with van der Waals surface area (Å²) in [5.74, 6) is 2.18. The van der Waals surface area contributed by atoms with Gasteiger partial charge in [-0.3, -0.25) is 4.79 Å². The zero-order chi connectivity index (χ0) is 22.0. The number of amides is 1. The van der Waals surface area contributed by atoms with E-state index in [2.05, 4.69) is 17.1 Å². The summed E-state index contributed by atoms with van der Waals surface area (Å²) in [6.45, 7) is 7.24. The van der Waals surface area contributed by atoms with Gasteiger partial charge < -0.3 is 18.9 Å². The number of benzene rings is 2. The Morgan fingerprint density at radius 2 is 1.94 bits per heavy atom. The minimum absolute atomic E-state index is 0.0706. The van der Waals surface area contributed by atoms with E-state index in [1.165, 1.54) is 0 Å². The highest BCUT2D eigenvalue weighted by Gasteiger charge is 2.36. The highest BCUT2D eigenvalue weighted by atomic mass is 16.5. The van der Waals surface area contributed by atoms with Gasteiger partial charge in [0.25, 0.3) is 0 Å². The molecule has 1 aliphatic heterocycles. The largest absolute Gasteiger partial charge is 0.493 e.